The number of hydrogen-bond donors (Lipinski definition) is 2. The molecule has 1 saturated heterocycles. The molecule has 5 aromatic carbocycles. The smallest absolute Gasteiger partial charge is 0.256 e. The fourth-order valence-electron chi connectivity index (χ4n) is 5.97. The molecule has 51 heavy (non-hydrogen) atoms. The summed E-state index contributed by atoms with van der Waals surface area (Å²) in [5.74, 6) is 0.855. The summed E-state index contributed by atoms with van der Waals surface area (Å²) in [5, 5.41) is 13.0. The van der Waals surface area contributed by atoms with Gasteiger partial charge in [0.15, 0.2) is 17.8 Å². The molecule has 1 aliphatic rings. The summed E-state index contributed by atoms with van der Waals surface area (Å²) in [6.07, 6.45) is -0.745. The highest BCUT2D eigenvalue weighted by Crippen LogP contribution is 2.41. The fourth-order valence-corrected chi connectivity index (χ4v) is 6.81. The van der Waals surface area contributed by atoms with E-state index in [0.717, 1.165) is 27.9 Å². The number of nitrogens with one attached hydrogen (secondary N) is 1. The number of benzene rings is 5. The predicted molar refractivity (Wildman–Crippen MR) is 197 cm³/mol. The molecule has 0 radical (unpaired) electrons. The van der Waals surface area contributed by atoms with Crippen LogP contribution in [0.1, 0.15) is 63.1 Å². The summed E-state index contributed by atoms with van der Waals surface area (Å²) in [6, 6.07) is 41.7. The minimum absolute atomic E-state index is 0.0448. The van der Waals surface area contributed by atoms with Gasteiger partial charge in [0.2, 0.25) is 0 Å². The molecule has 1 amide bonds. The molecule has 256 valence electrons. The Bertz CT molecular complexity index is 2060. The molecule has 7 rings (SSSR count). The second-order valence-electron chi connectivity index (χ2n) is 12.3. The third kappa shape index (κ3) is 8.19. The lowest BCUT2D eigenvalue weighted by atomic mass is 10.0. The second-order valence-corrected chi connectivity index (χ2v) is 13.2. The van der Waals surface area contributed by atoms with Crippen LogP contribution in [0.25, 0.3) is 22.6 Å². The van der Waals surface area contributed by atoms with E-state index in [1.54, 1.807) is 42.5 Å². The largest absolute Gasteiger partial charge is 0.431 e. The minimum Gasteiger partial charge on any atom is -0.431 e. The van der Waals surface area contributed by atoms with Crippen molar-refractivity contribution < 1.29 is 28.6 Å². The molecule has 0 saturated carbocycles. The molecule has 9 heteroatoms. The van der Waals surface area contributed by atoms with E-state index in [1.807, 2.05) is 91.0 Å². The van der Waals surface area contributed by atoms with Crippen LogP contribution in [0.3, 0.4) is 0 Å². The van der Waals surface area contributed by atoms with Gasteiger partial charge in [-0.25, -0.2) is 4.98 Å². The van der Waals surface area contributed by atoms with Crippen molar-refractivity contribution in [3.8, 4) is 22.6 Å². The van der Waals surface area contributed by atoms with Gasteiger partial charge in [-0.2, -0.15) is 0 Å². The topological polar surface area (TPSA) is 111 Å². The van der Waals surface area contributed by atoms with Gasteiger partial charge in [0.25, 0.3) is 11.1 Å². The molecule has 1 fully saturated rings. The number of hydrogen-bond acceptors (Lipinski definition) is 8. The van der Waals surface area contributed by atoms with Crippen LogP contribution >= 0.6 is 11.8 Å². The first-order valence-corrected chi connectivity index (χ1v) is 17.7. The van der Waals surface area contributed by atoms with Crippen LogP contribution < -0.4 is 5.32 Å². The van der Waals surface area contributed by atoms with E-state index in [0.29, 0.717) is 45.5 Å². The highest BCUT2D eigenvalue weighted by molar-refractivity contribution is 7.99. The molecule has 2 heterocycles. The number of carbonyl (C=O) groups is 2. The van der Waals surface area contributed by atoms with Crippen LogP contribution in [0.5, 0.6) is 0 Å². The van der Waals surface area contributed by atoms with Gasteiger partial charge in [-0.15, -0.1) is 0 Å². The van der Waals surface area contributed by atoms with Crippen LogP contribution in [0.2, 0.25) is 0 Å². The Kier molecular flexibility index (Phi) is 10.5. The molecule has 3 atom stereocenters. The number of ketones is 1. The average molecular weight is 697 g/mol. The lowest BCUT2D eigenvalue weighted by molar-refractivity contribution is -0.245. The third-order valence-corrected chi connectivity index (χ3v) is 9.61. The number of carbonyl (C=O) groups excluding carboxylic acids is 2. The maximum absolute atomic E-state index is 13.3. The minimum atomic E-state index is -0.759. The van der Waals surface area contributed by atoms with Crippen molar-refractivity contribution in [2.45, 2.75) is 43.7 Å². The lowest BCUT2D eigenvalue weighted by Gasteiger charge is -2.36. The molecule has 3 unspecified atom stereocenters. The summed E-state index contributed by atoms with van der Waals surface area (Å²) in [7, 11) is 0. The van der Waals surface area contributed by atoms with Gasteiger partial charge >= 0.3 is 0 Å². The summed E-state index contributed by atoms with van der Waals surface area (Å²) in [4.78, 5) is 30.1. The van der Waals surface area contributed by atoms with Crippen LogP contribution in [-0.4, -0.2) is 33.6 Å². The number of aliphatic hydroxyl groups excluding tert-OH is 1. The van der Waals surface area contributed by atoms with Gasteiger partial charge in [-0.05, 0) is 42.3 Å². The number of amides is 1. The van der Waals surface area contributed by atoms with Crippen molar-refractivity contribution in [1.82, 2.24) is 4.98 Å². The number of thioether (sulfide) groups is 1. The quantitative estimate of drug-likeness (QED) is 0.102. The zero-order valence-corrected chi connectivity index (χ0v) is 28.7. The van der Waals surface area contributed by atoms with Crippen molar-refractivity contribution in [1.29, 1.82) is 0 Å². The number of anilines is 1. The van der Waals surface area contributed by atoms with Gasteiger partial charge in [0, 0.05) is 45.7 Å². The van der Waals surface area contributed by atoms with E-state index in [2.05, 4.69) is 5.32 Å². The molecular weight excluding hydrogens is 661 g/mol. The fraction of sp³-hybridized carbons (Fsp3) is 0.167. The number of rotatable bonds is 11. The maximum Gasteiger partial charge on any atom is 0.256 e. The zero-order chi connectivity index (χ0) is 35.2. The molecule has 0 bridgehead atoms. The Morgan fingerprint density at radius 1 is 0.784 bits per heavy atom. The highest BCUT2D eigenvalue weighted by Gasteiger charge is 2.33. The summed E-state index contributed by atoms with van der Waals surface area (Å²) in [6.45, 7) is 1.44. The number of oxazole rings is 1. The van der Waals surface area contributed by atoms with Crippen LogP contribution in [0.4, 0.5) is 5.69 Å². The molecule has 8 nitrogen and oxygen atoms in total. The first kappa shape index (κ1) is 34.1. The first-order chi connectivity index (χ1) is 24.9. The SMILES string of the molecule is CC(=O)c1cccc(NC(=O)c2cccc(C3OC(CSc4nc(-c5ccccc5)c(-c5ccccc5)o4)CC(c4ccc(CO)cc4)O3)c2)c1. The van der Waals surface area contributed by atoms with E-state index in [-0.39, 0.29) is 30.5 Å². The predicted octanol–water partition coefficient (Wildman–Crippen LogP) is 9.29. The molecule has 6 aromatic rings. The van der Waals surface area contributed by atoms with Crippen LogP contribution in [0.15, 0.2) is 143 Å². The molecule has 2 N–H and O–H groups in total. The Hall–Kier alpha value is -5.32. The number of Topliss-reactive ketones (excluding diaryl/α,β-unsaturated/α-hetero) is 1. The third-order valence-electron chi connectivity index (χ3n) is 8.65. The van der Waals surface area contributed by atoms with E-state index >= 15 is 0 Å². The Balaban J connectivity index is 1.13. The molecule has 1 aromatic heterocycles. The van der Waals surface area contributed by atoms with Crippen molar-refractivity contribution >= 4 is 29.1 Å². The van der Waals surface area contributed by atoms with Crippen molar-refractivity contribution in [2.75, 3.05) is 11.1 Å². The first-order valence-electron chi connectivity index (χ1n) is 16.7. The number of nitrogens with zero attached hydrogens (tertiary/aromatic N) is 1. The Labute approximate surface area is 300 Å². The Morgan fingerprint density at radius 3 is 2.22 bits per heavy atom. The van der Waals surface area contributed by atoms with Crippen molar-refractivity contribution in [3.63, 3.8) is 0 Å². The summed E-state index contributed by atoms with van der Waals surface area (Å²) >= 11 is 1.48. The van der Waals surface area contributed by atoms with E-state index in [4.69, 9.17) is 18.9 Å². The maximum atomic E-state index is 13.3. The number of ether oxygens (including phenoxy) is 2. The van der Waals surface area contributed by atoms with E-state index in [1.165, 1.54) is 18.7 Å². The lowest BCUT2D eigenvalue weighted by Crippen LogP contribution is -2.31. The van der Waals surface area contributed by atoms with Gasteiger partial charge in [-0.1, -0.05) is 121 Å². The highest BCUT2D eigenvalue weighted by atomic mass is 32.2. The van der Waals surface area contributed by atoms with Crippen LogP contribution in [-0.2, 0) is 16.1 Å². The van der Waals surface area contributed by atoms with Gasteiger partial charge in [-0.3, -0.25) is 9.59 Å². The van der Waals surface area contributed by atoms with Gasteiger partial charge in [0.05, 0.1) is 18.8 Å². The van der Waals surface area contributed by atoms with Crippen molar-refractivity contribution in [3.05, 3.63) is 161 Å². The Morgan fingerprint density at radius 2 is 1.49 bits per heavy atom. The standard InChI is InChI=1S/C42H36N2O6S/c1-27(46)32-14-9-17-35(23-32)43-40(47)33-15-8-16-34(22-33)41-48-36(24-37(49-41)29-20-18-28(25-45)19-21-29)26-51-42-44-38(30-10-4-2-5-11-30)39(50-42)31-12-6-3-7-13-31/h2-23,36-37,41,45H,24-26H2,1H3,(H,43,47). The number of aromatic nitrogens is 1. The van der Waals surface area contributed by atoms with Gasteiger partial charge in [0.1, 0.15) is 5.69 Å². The average Bonchev–Trinajstić information content (AvgIpc) is 3.62. The van der Waals surface area contributed by atoms with E-state index in [9.17, 15) is 14.7 Å². The van der Waals surface area contributed by atoms with Crippen LogP contribution in [0, 0.1) is 0 Å². The second kappa shape index (κ2) is 15.7. The van der Waals surface area contributed by atoms with Gasteiger partial charge < -0.3 is 24.3 Å². The monoisotopic (exact) mass is 696 g/mol. The molecule has 1 aliphatic heterocycles. The van der Waals surface area contributed by atoms with Crippen molar-refractivity contribution in [2.24, 2.45) is 0 Å². The van der Waals surface area contributed by atoms with E-state index < -0.39 is 6.29 Å². The molecule has 0 spiro atoms. The normalized spacial score (nSPS) is 17.2. The summed E-state index contributed by atoms with van der Waals surface area (Å²) < 4.78 is 19.5. The molecular formula is C42H36N2O6S. The number of aliphatic hydroxyl groups is 1. The summed E-state index contributed by atoms with van der Waals surface area (Å²) in [5.41, 5.74) is 6.64. The molecule has 0 aliphatic carbocycles. The zero-order valence-electron chi connectivity index (χ0n) is 27.9.